The van der Waals surface area contributed by atoms with Gasteiger partial charge in [0.05, 0.1) is 30.7 Å². The van der Waals surface area contributed by atoms with E-state index in [2.05, 4.69) is 15.2 Å². The summed E-state index contributed by atoms with van der Waals surface area (Å²) >= 11 is 0. The van der Waals surface area contributed by atoms with Gasteiger partial charge >= 0.3 is 0 Å². The van der Waals surface area contributed by atoms with Gasteiger partial charge in [0.1, 0.15) is 0 Å². The highest BCUT2D eigenvalue weighted by Gasteiger charge is 2.14. The van der Waals surface area contributed by atoms with Crippen LogP contribution in [0.15, 0.2) is 48.8 Å². The van der Waals surface area contributed by atoms with Crippen molar-refractivity contribution in [3.05, 3.63) is 59.9 Å². The van der Waals surface area contributed by atoms with Crippen molar-refractivity contribution in [2.24, 2.45) is 0 Å². The largest absolute Gasteiger partial charge is 0.378 e. The molecule has 5 nitrogen and oxygen atoms in total. The maximum absolute atomic E-state index is 12.3. The van der Waals surface area contributed by atoms with Gasteiger partial charge in [0.15, 0.2) is 0 Å². The molecular weight excluding hydrogens is 278 g/mol. The van der Waals surface area contributed by atoms with Crippen LogP contribution in [0.1, 0.15) is 15.9 Å². The molecule has 0 saturated carbocycles. The molecule has 2 heterocycles. The molecule has 1 N–H and O–H groups in total. The predicted octanol–water partition coefficient (Wildman–Crippen LogP) is 1.85. The van der Waals surface area contributed by atoms with Crippen LogP contribution in [0, 0.1) is 0 Å². The Hall–Kier alpha value is -2.40. The predicted molar refractivity (Wildman–Crippen MR) is 84.9 cm³/mol. The van der Waals surface area contributed by atoms with Crippen LogP contribution in [-0.4, -0.2) is 37.2 Å². The molecule has 1 aliphatic rings. The van der Waals surface area contributed by atoms with Gasteiger partial charge in [-0.25, -0.2) is 0 Å². The molecule has 22 heavy (non-hydrogen) atoms. The number of nitrogens with zero attached hydrogens (tertiary/aromatic N) is 2. The van der Waals surface area contributed by atoms with E-state index in [9.17, 15) is 4.79 Å². The van der Waals surface area contributed by atoms with Crippen molar-refractivity contribution in [3.8, 4) is 0 Å². The number of morpholine rings is 1. The van der Waals surface area contributed by atoms with E-state index in [0.717, 1.165) is 24.3 Å². The number of carbonyl (C=O) groups excluding carboxylic acids is 1. The Kier molecular flexibility index (Phi) is 4.65. The minimum atomic E-state index is -0.105. The van der Waals surface area contributed by atoms with Crippen LogP contribution in [-0.2, 0) is 11.3 Å². The fraction of sp³-hybridized carbons (Fsp3) is 0.294. The first-order valence-electron chi connectivity index (χ1n) is 7.43. The van der Waals surface area contributed by atoms with Crippen molar-refractivity contribution < 1.29 is 9.53 Å². The molecular formula is C17H19N3O2. The number of carbonyl (C=O) groups is 1. The molecule has 1 fully saturated rings. The highest BCUT2D eigenvalue weighted by atomic mass is 16.5. The zero-order valence-corrected chi connectivity index (χ0v) is 12.4. The minimum Gasteiger partial charge on any atom is -0.378 e. The highest BCUT2D eigenvalue weighted by Crippen LogP contribution is 2.16. The average Bonchev–Trinajstić information content (AvgIpc) is 2.61. The first-order valence-corrected chi connectivity index (χ1v) is 7.43. The smallest absolute Gasteiger partial charge is 0.253 e. The van der Waals surface area contributed by atoms with Gasteiger partial charge in [-0.2, -0.15) is 0 Å². The van der Waals surface area contributed by atoms with Crippen LogP contribution in [0.5, 0.6) is 0 Å². The Bertz CT molecular complexity index is 625. The molecule has 3 rings (SSSR count). The fourth-order valence-electron chi connectivity index (χ4n) is 2.43. The summed E-state index contributed by atoms with van der Waals surface area (Å²) in [5.74, 6) is -0.105. The van der Waals surface area contributed by atoms with Gasteiger partial charge < -0.3 is 15.0 Å². The van der Waals surface area contributed by atoms with Gasteiger partial charge in [-0.05, 0) is 11.6 Å². The molecule has 1 saturated heterocycles. The average molecular weight is 297 g/mol. The number of nitrogens with one attached hydrogen (secondary N) is 1. The Morgan fingerprint density at radius 2 is 1.95 bits per heavy atom. The van der Waals surface area contributed by atoms with Gasteiger partial charge in [0.25, 0.3) is 5.91 Å². The number of ether oxygens (including phenoxy) is 1. The molecule has 2 aromatic rings. The van der Waals surface area contributed by atoms with Crippen LogP contribution in [0.4, 0.5) is 5.69 Å². The quantitative estimate of drug-likeness (QED) is 0.936. The molecule has 1 aliphatic heterocycles. The summed E-state index contributed by atoms with van der Waals surface area (Å²) in [4.78, 5) is 18.6. The minimum absolute atomic E-state index is 0.105. The van der Waals surface area contributed by atoms with E-state index in [1.165, 1.54) is 0 Å². The van der Waals surface area contributed by atoms with Gasteiger partial charge in [0.2, 0.25) is 0 Å². The third-order valence-electron chi connectivity index (χ3n) is 3.66. The summed E-state index contributed by atoms with van der Waals surface area (Å²) in [6.45, 7) is 3.60. The second-order valence-corrected chi connectivity index (χ2v) is 5.20. The van der Waals surface area contributed by atoms with E-state index in [4.69, 9.17) is 4.74 Å². The molecule has 0 unspecified atom stereocenters. The lowest BCUT2D eigenvalue weighted by atomic mass is 10.2. The number of aromatic nitrogens is 1. The van der Waals surface area contributed by atoms with Crippen LogP contribution in [0.2, 0.25) is 0 Å². The van der Waals surface area contributed by atoms with E-state index in [1.54, 1.807) is 12.4 Å². The van der Waals surface area contributed by atoms with Crippen molar-refractivity contribution in [3.63, 3.8) is 0 Å². The third kappa shape index (κ3) is 3.62. The summed E-state index contributed by atoms with van der Waals surface area (Å²) in [5.41, 5.74) is 2.63. The van der Waals surface area contributed by atoms with Crippen molar-refractivity contribution >= 4 is 11.6 Å². The molecule has 5 heteroatoms. The Morgan fingerprint density at radius 1 is 1.18 bits per heavy atom. The normalized spacial score (nSPS) is 14.6. The Labute approximate surface area is 129 Å². The van der Waals surface area contributed by atoms with Gasteiger partial charge in [-0.3, -0.25) is 9.78 Å². The Balaban J connectivity index is 1.64. The van der Waals surface area contributed by atoms with E-state index in [0.29, 0.717) is 25.3 Å². The van der Waals surface area contributed by atoms with E-state index >= 15 is 0 Å². The SMILES string of the molecule is O=C(NCc1ccccc1)c1cncc(N2CCOCC2)c1. The number of rotatable bonds is 4. The number of benzene rings is 1. The highest BCUT2D eigenvalue weighted by molar-refractivity contribution is 5.94. The molecule has 0 spiro atoms. The number of hydrogen-bond acceptors (Lipinski definition) is 4. The summed E-state index contributed by atoms with van der Waals surface area (Å²) < 4.78 is 5.35. The molecule has 1 aromatic heterocycles. The third-order valence-corrected chi connectivity index (χ3v) is 3.66. The summed E-state index contributed by atoms with van der Waals surface area (Å²) in [5, 5.41) is 2.92. The number of pyridine rings is 1. The van der Waals surface area contributed by atoms with Crippen LogP contribution >= 0.6 is 0 Å². The maximum atomic E-state index is 12.3. The fourth-order valence-corrected chi connectivity index (χ4v) is 2.43. The zero-order chi connectivity index (χ0) is 15.2. The van der Waals surface area contributed by atoms with E-state index < -0.39 is 0 Å². The van der Waals surface area contributed by atoms with Gasteiger partial charge in [-0.15, -0.1) is 0 Å². The monoisotopic (exact) mass is 297 g/mol. The number of amides is 1. The molecule has 0 atom stereocenters. The molecule has 1 amide bonds. The molecule has 1 aromatic carbocycles. The second-order valence-electron chi connectivity index (χ2n) is 5.20. The summed E-state index contributed by atoms with van der Waals surface area (Å²) in [7, 11) is 0. The first-order chi connectivity index (χ1) is 10.8. The van der Waals surface area contributed by atoms with Crippen molar-refractivity contribution in [1.29, 1.82) is 0 Å². The lowest BCUT2D eigenvalue weighted by molar-refractivity contribution is 0.0950. The van der Waals surface area contributed by atoms with E-state index in [-0.39, 0.29) is 5.91 Å². The summed E-state index contributed by atoms with van der Waals surface area (Å²) in [6, 6.07) is 11.7. The second kappa shape index (κ2) is 7.04. The van der Waals surface area contributed by atoms with Crippen molar-refractivity contribution in [1.82, 2.24) is 10.3 Å². The zero-order valence-electron chi connectivity index (χ0n) is 12.4. The molecule has 114 valence electrons. The van der Waals surface area contributed by atoms with Crippen molar-refractivity contribution in [2.75, 3.05) is 31.2 Å². The van der Waals surface area contributed by atoms with Crippen LogP contribution in [0.3, 0.4) is 0 Å². The van der Waals surface area contributed by atoms with E-state index in [1.807, 2.05) is 36.4 Å². The first kappa shape index (κ1) is 14.5. The maximum Gasteiger partial charge on any atom is 0.253 e. The van der Waals surface area contributed by atoms with Gasteiger partial charge in [0, 0.05) is 25.8 Å². The standard InChI is InChI=1S/C17H19N3O2/c21-17(19-11-14-4-2-1-3-5-14)15-10-16(13-18-12-15)20-6-8-22-9-7-20/h1-5,10,12-13H,6-9,11H2,(H,19,21). The van der Waals surface area contributed by atoms with Crippen molar-refractivity contribution in [2.45, 2.75) is 6.54 Å². The molecule has 0 bridgehead atoms. The number of hydrogen-bond donors (Lipinski definition) is 1. The Morgan fingerprint density at radius 3 is 2.73 bits per heavy atom. The summed E-state index contributed by atoms with van der Waals surface area (Å²) in [6.07, 6.45) is 3.39. The lowest BCUT2D eigenvalue weighted by Crippen LogP contribution is -2.36. The molecule has 0 radical (unpaired) electrons. The topological polar surface area (TPSA) is 54.5 Å². The van der Waals surface area contributed by atoms with Gasteiger partial charge in [-0.1, -0.05) is 30.3 Å². The lowest BCUT2D eigenvalue weighted by Gasteiger charge is -2.28. The number of anilines is 1. The van der Waals surface area contributed by atoms with Crippen LogP contribution < -0.4 is 10.2 Å². The van der Waals surface area contributed by atoms with Crippen LogP contribution in [0.25, 0.3) is 0 Å². The molecule has 0 aliphatic carbocycles.